The first-order valence-electron chi connectivity index (χ1n) is 7.95. The number of morpholine rings is 1. The van der Waals surface area contributed by atoms with E-state index in [1.54, 1.807) is 0 Å². The largest absolute Gasteiger partial charge is 0.387 e. The molecule has 22 heavy (non-hydrogen) atoms. The molecule has 2 saturated heterocycles. The maximum Gasteiger partial charge on any atom is 0.256 e. The van der Waals surface area contributed by atoms with Gasteiger partial charge in [-0.1, -0.05) is 12.1 Å². The van der Waals surface area contributed by atoms with Crippen LogP contribution in [0.15, 0.2) is 24.3 Å². The van der Waals surface area contributed by atoms with Gasteiger partial charge in [-0.05, 0) is 31.9 Å². The average Bonchev–Trinajstić information content (AvgIpc) is 2.54. The molecular formula is C17H24N2O3. The highest BCUT2D eigenvalue weighted by atomic mass is 16.6. The average molecular weight is 304 g/mol. The second-order valence-corrected chi connectivity index (χ2v) is 6.25. The minimum Gasteiger partial charge on any atom is -0.387 e. The lowest BCUT2D eigenvalue weighted by molar-refractivity contribution is -0.188. The Morgan fingerprint density at radius 1 is 1.41 bits per heavy atom. The number of benzene rings is 1. The van der Waals surface area contributed by atoms with Crippen molar-refractivity contribution in [2.45, 2.75) is 31.5 Å². The van der Waals surface area contributed by atoms with Crippen LogP contribution in [0.4, 0.5) is 5.69 Å². The lowest BCUT2D eigenvalue weighted by Crippen LogP contribution is -2.59. The second kappa shape index (κ2) is 6.26. The molecule has 2 fully saturated rings. The number of amides is 1. The molecule has 3 rings (SSSR count). The van der Waals surface area contributed by atoms with E-state index in [1.807, 2.05) is 43.1 Å². The van der Waals surface area contributed by atoms with Crippen molar-refractivity contribution in [1.82, 2.24) is 4.90 Å². The molecule has 0 aliphatic carbocycles. The van der Waals surface area contributed by atoms with Gasteiger partial charge in [0.2, 0.25) is 0 Å². The Hall–Kier alpha value is -1.59. The summed E-state index contributed by atoms with van der Waals surface area (Å²) in [7, 11) is 1.84. The molecule has 2 atom stereocenters. The standard InChI is InChI=1S/C17H24N2O3/c1-13-10-19(11-17(22-13)8-5-9-21-12-17)16(20)14-6-3-4-7-15(14)18-2/h3-4,6-7,13,18H,5,8-12H2,1-2H3. The van der Waals surface area contributed by atoms with Crippen LogP contribution in [-0.2, 0) is 9.47 Å². The van der Waals surface area contributed by atoms with Crippen LogP contribution >= 0.6 is 0 Å². The van der Waals surface area contributed by atoms with E-state index < -0.39 is 0 Å². The molecule has 0 saturated carbocycles. The molecule has 120 valence electrons. The molecule has 0 radical (unpaired) electrons. The van der Waals surface area contributed by atoms with Crippen molar-refractivity contribution in [3.8, 4) is 0 Å². The maximum atomic E-state index is 12.9. The highest BCUT2D eigenvalue weighted by Gasteiger charge is 2.42. The molecule has 1 spiro atoms. The summed E-state index contributed by atoms with van der Waals surface area (Å²) in [6, 6.07) is 7.63. The van der Waals surface area contributed by atoms with Gasteiger partial charge >= 0.3 is 0 Å². The van der Waals surface area contributed by atoms with Crippen molar-refractivity contribution in [3.63, 3.8) is 0 Å². The monoisotopic (exact) mass is 304 g/mol. The van der Waals surface area contributed by atoms with Gasteiger partial charge in [0.15, 0.2) is 0 Å². The summed E-state index contributed by atoms with van der Waals surface area (Å²) < 4.78 is 11.8. The molecule has 2 aliphatic heterocycles. The van der Waals surface area contributed by atoms with E-state index in [2.05, 4.69) is 5.32 Å². The molecule has 2 aliphatic rings. The normalized spacial score (nSPS) is 28.6. The summed E-state index contributed by atoms with van der Waals surface area (Å²) in [4.78, 5) is 14.9. The predicted molar refractivity (Wildman–Crippen MR) is 85.2 cm³/mol. The topological polar surface area (TPSA) is 50.8 Å². The third kappa shape index (κ3) is 2.96. The predicted octanol–water partition coefficient (Wildman–Crippen LogP) is 2.14. The lowest BCUT2D eigenvalue weighted by Gasteiger charge is -2.47. The molecule has 5 nitrogen and oxygen atoms in total. The fraction of sp³-hybridized carbons (Fsp3) is 0.588. The number of para-hydroxylation sites is 1. The van der Waals surface area contributed by atoms with Crippen LogP contribution in [0.1, 0.15) is 30.1 Å². The van der Waals surface area contributed by atoms with Gasteiger partial charge in [0.05, 0.1) is 24.8 Å². The molecule has 2 heterocycles. The summed E-state index contributed by atoms with van der Waals surface area (Å²) in [5, 5.41) is 3.09. The molecule has 0 aromatic heterocycles. The van der Waals surface area contributed by atoms with Gasteiger partial charge in [0.1, 0.15) is 5.60 Å². The molecule has 2 unspecified atom stereocenters. The van der Waals surface area contributed by atoms with Gasteiger partial charge in [0, 0.05) is 25.9 Å². The Kier molecular flexibility index (Phi) is 4.36. The molecule has 1 N–H and O–H groups in total. The highest BCUT2D eigenvalue weighted by molar-refractivity contribution is 5.99. The van der Waals surface area contributed by atoms with Crippen molar-refractivity contribution in [3.05, 3.63) is 29.8 Å². The number of ether oxygens (including phenoxy) is 2. The van der Waals surface area contributed by atoms with Crippen LogP contribution in [0.5, 0.6) is 0 Å². The van der Waals surface area contributed by atoms with Crippen molar-refractivity contribution in [2.75, 3.05) is 38.7 Å². The van der Waals surface area contributed by atoms with E-state index in [-0.39, 0.29) is 17.6 Å². The van der Waals surface area contributed by atoms with Gasteiger partial charge in [-0.3, -0.25) is 4.79 Å². The van der Waals surface area contributed by atoms with Crippen molar-refractivity contribution in [1.29, 1.82) is 0 Å². The smallest absolute Gasteiger partial charge is 0.256 e. The molecular weight excluding hydrogens is 280 g/mol. The Labute approximate surface area is 131 Å². The zero-order valence-electron chi connectivity index (χ0n) is 13.3. The Morgan fingerprint density at radius 3 is 2.95 bits per heavy atom. The number of rotatable bonds is 2. The SMILES string of the molecule is CNc1ccccc1C(=O)N1CC(C)OC2(CCCOC2)C1. The Balaban J connectivity index is 1.82. The number of hydrogen-bond acceptors (Lipinski definition) is 4. The van der Waals surface area contributed by atoms with Gasteiger partial charge < -0.3 is 19.7 Å². The fourth-order valence-corrected chi connectivity index (χ4v) is 3.48. The lowest BCUT2D eigenvalue weighted by atomic mass is 9.93. The minimum absolute atomic E-state index is 0.0288. The van der Waals surface area contributed by atoms with Crippen LogP contribution in [0, 0.1) is 0 Å². The quantitative estimate of drug-likeness (QED) is 0.909. The Morgan fingerprint density at radius 2 is 2.23 bits per heavy atom. The fourth-order valence-electron chi connectivity index (χ4n) is 3.48. The number of anilines is 1. The second-order valence-electron chi connectivity index (χ2n) is 6.25. The summed E-state index contributed by atoms with van der Waals surface area (Å²) in [5.74, 6) is 0.0602. The van der Waals surface area contributed by atoms with E-state index in [0.717, 1.165) is 25.1 Å². The first kappa shape index (κ1) is 15.3. The molecule has 0 bridgehead atoms. The number of nitrogens with zero attached hydrogens (tertiary/aromatic N) is 1. The summed E-state index contributed by atoms with van der Waals surface area (Å²) in [6.07, 6.45) is 1.97. The van der Waals surface area contributed by atoms with E-state index in [0.29, 0.717) is 25.3 Å². The van der Waals surface area contributed by atoms with Gasteiger partial charge in [-0.15, -0.1) is 0 Å². The van der Waals surface area contributed by atoms with E-state index in [4.69, 9.17) is 9.47 Å². The summed E-state index contributed by atoms with van der Waals surface area (Å²) in [5.41, 5.74) is 1.24. The van der Waals surface area contributed by atoms with Crippen molar-refractivity contribution < 1.29 is 14.3 Å². The van der Waals surface area contributed by atoms with Crippen LogP contribution in [-0.4, -0.2) is 55.9 Å². The van der Waals surface area contributed by atoms with Gasteiger partial charge in [-0.2, -0.15) is 0 Å². The first-order chi connectivity index (χ1) is 10.6. The zero-order chi connectivity index (χ0) is 15.6. The number of carbonyl (C=O) groups excluding carboxylic acids is 1. The third-order valence-corrected chi connectivity index (χ3v) is 4.41. The first-order valence-corrected chi connectivity index (χ1v) is 7.95. The van der Waals surface area contributed by atoms with Crippen LogP contribution in [0.2, 0.25) is 0 Å². The maximum absolute atomic E-state index is 12.9. The van der Waals surface area contributed by atoms with Gasteiger partial charge in [-0.25, -0.2) is 0 Å². The Bertz CT molecular complexity index is 540. The van der Waals surface area contributed by atoms with E-state index in [9.17, 15) is 4.79 Å². The highest BCUT2D eigenvalue weighted by Crippen LogP contribution is 2.31. The van der Waals surface area contributed by atoms with Crippen LogP contribution in [0.3, 0.4) is 0 Å². The van der Waals surface area contributed by atoms with Gasteiger partial charge in [0.25, 0.3) is 5.91 Å². The van der Waals surface area contributed by atoms with Crippen molar-refractivity contribution >= 4 is 11.6 Å². The number of carbonyl (C=O) groups is 1. The van der Waals surface area contributed by atoms with E-state index in [1.165, 1.54) is 0 Å². The minimum atomic E-state index is -0.333. The summed E-state index contributed by atoms with van der Waals surface area (Å²) >= 11 is 0. The molecule has 1 amide bonds. The van der Waals surface area contributed by atoms with Crippen molar-refractivity contribution in [2.24, 2.45) is 0 Å². The van der Waals surface area contributed by atoms with E-state index >= 15 is 0 Å². The number of nitrogens with one attached hydrogen (secondary N) is 1. The molecule has 5 heteroatoms. The number of hydrogen-bond donors (Lipinski definition) is 1. The third-order valence-electron chi connectivity index (χ3n) is 4.41. The van der Waals surface area contributed by atoms with Crippen LogP contribution in [0.25, 0.3) is 0 Å². The molecule has 1 aromatic carbocycles. The zero-order valence-corrected chi connectivity index (χ0v) is 13.3. The van der Waals surface area contributed by atoms with Crippen LogP contribution < -0.4 is 5.32 Å². The summed E-state index contributed by atoms with van der Waals surface area (Å²) in [6.45, 7) is 4.62. The molecule has 1 aromatic rings.